The topological polar surface area (TPSA) is 84.2 Å². The fraction of sp³-hybridized carbons (Fsp3) is 0.833. The van der Waals surface area contributed by atoms with Crippen LogP contribution in [-0.4, -0.2) is 31.4 Å². The van der Waals surface area contributed by atoms with E-state index in [1.165, 1.54) is 0 Å². The van der Waals surface area contributed by atoms with Gasteiger partial charge < -0.3 is 16.4 Å². The first-order valence-corrected chi connectivity index (χ1v) is 6.19. The van der Waals surface area contributed by atoms with Crippen molar-refractivity contribution in [3.63, 3.8) is 0 Å². The molecule has 5 nitrogen and oxygen atoms in total. The second-order valence-corrected chi connectivity index (χ2v) is 4.85. The van der Waals surface area contributed by atoms with Crippen LogP contribution in [-0.2, 0) is 9.59 Å². The van der Waals surface area contributed by atoms with Crippen LogP contribution in [0.5, 0.6) is 0 Å². The van der Waals surface area contributed by atoms with Crippen molar-refractivity contribution in [3.05, 3.63) is 0 Å². The minimum atomic E-state index is -0.164. The standard InChI is InChI=1S/C12H25N3O2/c1-9(2)4-5-11(16)15-8-12(17)14-7-10(3)6-13/h9-10H,4-8,13H2,1-3H3,(H,14,17)(H,15,16). The molecule has 0 bridgehead atoms. The van der Waals surface area contributed by atoms with Crippen molar-refractivity contribution >= 4 is 11.8 Å². The second kappa shape index (κ2) is 8.98. The molecule has 0 aliphatic carbocycles. The summed E-state index contributed by atoms with van der Waals surface area (Å²) in [5, 5.41) is 5.32. The Kier molecular flexibility index (Phi) is 8.40. The molecule has 0 saturated carbocycles. The van der Waals surface area contributed by atoms with Gasteiger partial charge >= 0.3 is 0 Å². The third-order valence-electron chi connectivity index (χ3n) is 2.44. The van der Waals surface area contributed by atoms with Crippen molar-refractivity contribution in [2.24, 2.45) is 17.6 Å². The minimum Gasteiger partial charge on any atom is -0.354 e. The smallest absolute Gasteiger partial charge is 0.239 e. The molecule has 100 valence electrons. The lowest BCUT2D eigenvalue weighted by atomic mass is 10.1. The van der Waals surface area contributed by atoms with Gasteiger partial charge in [-0.15, -0.1) is 0 Å². The molecule has 0 aliphatic heterocycles. The molecular formula is C12H25N3O2. The average molecular weight is 243 g/mol. The Morgan fingerprint density at radius 3 is 2.29 bits per heavy atom. The number of carbonyl (C=O) groups excluding carboxylic acids is 2. The van der Waals surface area contributed by atoms with Gasteiger partial charge in [0.2, 0.25) is 11.8 Å². The average Bonchev–Trinajstić information content (AvgIpc) is 2.30. The molecule has 0 rings (SSSR count). The van der Waals surface area contributed by atoms with Crippen molar-refractivity contribution < 1.29 is 9.59 Å². The molecular weight excluding hydrogens is 218 g/mol. The van der Waals surface area contributed by atoms with E-state index in [1.807, 2.05) is 6.92 Å². The van der Waals surface area contributed by atoms with Gasteiger partial charge in [0, 0.05) is 13.0 Å². The number of carbonyl (C=O) groups is 2. The summed E-state index contributed by atoms with van der Waals surface area (Å²) < 4.78 is 0. The van der Waals surface area contributed by atoms with Crippen LogP contribution < -0.4 is 16.4 Å². The first-order valence-electron chi connectivity index (χ1n) is 6.19. The molecule has 0 aliphatic rings. The normalized spacial score (nSPS) is 12.3. The lowest BCUT2D eigenvalue weighted by molar-refractivity contribution is -0.126. The maximum atomic E-state index is 11.3. The van der Waals surface area contributed by atoms with Crippen molar-refractivity contribution in [2.75, 3.05) is 19.6 Å². The van der Waals surface area contributed by atoms with E-state index in [9.17, 15) is 9.59 Å². The number of hydrogen-bond acceptors (Lipinski definition) is 3. The SMILES string of the molecule is CC(C)CCC(=O)NCC(=O)NCC(C)CN. The fourth-order valence-electron chi connectivity index (χ4n) is 1.12. The first kappa shape index (κ1) is 15.9. The molecule has 0 aromatic rings. The molecule has 4 N–H and O–H groups in total. The zero-order chi connectivity index (χ0) is 13.3. The molecule has 5 heteroatoms. The van der Waals surface area contributed by atoms with Crippen molar-refractivity contribution in [3.8, 4) is 0 Å². The lowest BCUT2D eigenvalue weighted by Crippen LogP contribution is -2.39. The third kappa shape index (κ3) is 9.81. The fourth-order valence-corrected chi connectivity index (χ4v) is 1.12. The van der Waals surface area contributed by atoms with Crippen LogP contribution in [0.4, 0.5) is 0 Å². The molecule has 1 atom stereocenters. The zero-order valence-corrected chi connectivity index (χ0v) is 11.1. The highest BCUT2D eigenvalue weighted by Crippen LogP contribution is 2.02. The monoisotopic (exact) mass is 243 g/mol. The summed E-state index contributed by atoms with van der Waals surface area (Å²) in [7, 11) is 0. The molecule has 0 spiro atoms. The quantitative estimate of drug-likeness (QED) is 0.571. The van der Waals surface area contributed by atoms with Gasteiger partial charge in [0.15, 0.2) is 0 Å². The number of rotatable bonds is 8. The number of amides is 2. The minimum absolute atomic E-state index is 0.0498. The predicted octanol–water partition coefficient (Wildman–Crippen LogP) is 0.250. The van der Waals surface area contributed by atoms with Crippen LogP contribution in [0, 0.1) is 11.8 Å². The van der Waals surface area contributed by atoms with Gasteiger partial charge in [-0.25, -0.2) is 0 Å². The largest absolute Gasteiger partial charge is 0.354 e. The van der Waals surface area contributed by atoms with E-state index in [-0.39, 0.29) is 24.3 Å². The summed E-state index contributed by atoms with van der Waals surface area (Å²) in [6.45, 7) is 7.23. The molecule has 0 aromatic carbocycles. The van der Waals surface area contributed by atoms with E-state index in [2.05, 4.69) is 24.5 Å². The summed E-state index contributed by atoms with van der Waals surface area (Å²) in [4.78, 5) is 22.7. The van der Waals surface area contributed by atoms with Crippen LogP contribution >= 0.6 is 0 Å². The number of nitrogens with two attached hydrogens (primary N) is 1. The van der Waals surface area contributed by atoms with Gasteiger partial charge in [-0.2, -0.15) is 0 Å². The Morgan fingerprint density at radius 2 is 1.76 bits per heavy atom. The van der Waals surface area contributed by atoms with E-state index in [0.29, 0.717) is 25.4 Å². The Hall–Kier alpha value is -1.10. The Balaban J connectivity index is 3.59. The molecule has 1 unspecified atom stereocenters. The van der Waals surface area contributed by atoms with Crippen molar-refractivity contribution in [1.29, 1.82) is 0 Å². The summed E-state index contributed by atoms with van der Waals surface area (Å²) in [5.74, 6) is 0.527. The number of hydrogen-bond donors (Lipinski definition) is 3. The maximum Gasteiger partial charge on any atom is 0.239 e. The Bertz CT molecular complexity index is 242. The van der Waals surface area contributed by atoms with Gasteiger partial charge in [0.05, 0.1) is 6.54 Å². The zero-order valence-electron chi connectivity index (χ0n) is 11.1. The summed E-state index contributed by atoms with van der Waals surface area (Å²) in [6, 6.07) is 0. The van der Waals surface area contributed by atoms with E-state index in [1.54, 1.807) is 0 Å². The van der Waals surface area contributed by atoms with Crippen LogP contribution in [0.1, 0.15) is 33.6 Å². The molecule has 17 heavy (non-hydrogen) atoms. The third-order valence-corrected chi connectivity index (χ3v) is 2.44. The van der Waals surface area contributed by atoms with Gasteiger partial charge in [-0.1, -0.05) is 20.8 Å². The second-order valence-electron chi connectivity index (χ2n) is 4.85. The molecule has 0 heterocycles. The molecule has 0 saturated heterocycles. The van der Waals surface area contributed by atoms with Gasteiger partial charge in [-0.3, -0.25) is 9.59 Å². The summed E-state index contributed by atoms with van der Waals surface area (Å²) in [5.41, 5.74) is 5.43. The molecule has 0 radical (unpaired) electrons. The van der Waals surface area contributed by atoms with Crippen LogP contribution in [0.2, 0.25) is 0 Å². The van der Waals surface area contributed by atoms with Crippen LogP contribution in [0.15, 0.2) is 0 Å². The highest BCUT2D eigenvalue weighted by Gasteiger charge is 2.07. The predicted molar refractivity (Wildman–Crippen MR) is 68.3 cm³/mol. The van der Waals surface area contributed by atoms with Crippen molar-refractivity contribution in [1.82, 2.24) is 10.6 Å². The maximum absolute atomic E-state index is 11.3. The lowest BCUT2D eigenvalue weighted by Gasteiger charge is -2.10. The molecule has 0 aromatic heterocycles. The van der Waals surface area contributed by atoms with Gasteiger partial charge in [-0.05, 0) is 24.8 Å². The summed E-state index contributed by atoms with van der Waals surface area (Å²) >= 11 is 0. The van der Waals surface area contributed by atoms with E-state index >= 15 is 0 Å². The number of nitrogens with one attached hydrogen (secondary N) is 2. The van der Waals surface area contributed by atoms with Gasteiger partial charge in [0.25, 0.3) is 0 Å². The van der Waals surface area contributed by atoms with Crippen molar-refractivity contribution in [2.45, 2.75) is 33.6 Å². The highest BCUT2D eigenvalue weighted by molar-refractivity contribution is 5.84. The highest BCUT2D eigenvalue weighted by atomic mass is 16.2. The van der Waals surface area contributed by atoms with Crippen LogP contribution in [0.3, 0.4) is 0 Å². The van der Waals surface area contributed by atoms with Gasteiger partial charge in [0.1, 0.15) is 0 Å². The van der Waals surface area contributed by atoms with E-state index in [4.69, 9.17) is 5.73 Å². The molecule has 2 amide bonds. The van der Waals surface area contributed by atoms with E-state index in [0.717, 1.165) is 6.42 Å². The van der Waals surface area contributed by atoms with Crippen LogP contribution in [0.25, 0.3) is 0 Å². The summed E-state index contributed by atoms with van der Waals surface area (Å²) in [6.07, 6.45) is 1.32. The Morgan fingerprint density at radius 1 is 1.12 bits per heavy atom. The molecule has 0 fully saturated rings. The Labute approximate surface area is 104 Å². The van der Waals surface area contributed by atoms with E-state index < -0.39 is 0 Å². The first-order chi connectivity index (χ1) is 7.95.